The van der Waals surface area contributed by atoms with Crippen LogP contribution in [0.5, 0.6) is 0 Å². The third-order valence-corrected chi connectivity index (χ3v) is 5.66. The predicted molar refractivity (Wildman–Crippen MR) is 141 cm³/mol. The van der Waals surface area contributed by atoms with Gasteiger partial charge in [-0.1, -0.05) is 23.7 Å². The lowest BCUT2D eigenvalue weighted by Crippen LogP contribution is -2.48. The first-order valence-electron chi connectivity index (χ1n) is 11.3. The zero-order valence-electron chi connectivity index (χ0n) is 19.6. The lowest BCUT2D eigenvalue weighted by atomic mass is 10.2. The molecule has 0 aliphatic carbocycles. The van der Waals surface area contributed by atoms with Crippen molar-refractivity contribution in [2.24, 2.45) is 0 Å². The highest BCUT2D eigenvalue weighted by atomic mass is 35.5. The molecular formula is C25H24ClN7O4. The smallest absolute Gasteiger partial charge is 0.372 e. The molecule has 2 aromatic heterocycles. The molecule has 190 valence electrons. The fourth-order valence-corrected chi connectivity index (χ4v) is 3.82. The van der Waals surface area contributed by atoms with E-state index in [1.54, 1.807) is 41.3 Å². The Morgan fingerprint density at radius 1 is 1.11 bits per heavy atom. The second kappa shape index (κ2) is 11.5. The number of rotatable bonds is 5. The Hall–Kier alpha value is -4.48. The van der Waals surface area contributed by atoms with Crippen LogP contribution in [0.1, 0.15) is 10.6 Å². The van der Waals surface area contributed by atoms with Gasteiger partial charge >= 0.3 is 5.97 Å². The second-order valence-electron chi connectivity index (χ2n) is 8.04. The molecule has 5 N–H and O–H groups in total. The van der Waals surface area contributed by atoms with Gasteiger partial charge in [-0.25, -0.2) is 14.8 Å². The Morgan fingerprint density at radius 2 is 1.86 bits per heavy atom. The second-order valence-corrected chi connectivity index (χ2v) is 8.48. The zero-order valence-corrected chi connectivity index (χ0v) is 20.4. The number of imidazole rings is 1. The molecule has 11 nitrogen and oxygen atoms in total. The molecule has 0 saturated carbocycles. The van der Waals surface area contributed by atoms with Crippen LogP contribution in [0.4, 0.5) is 17.2 Å². The number of nitrogens with two attached hydrogens (primary N) is 1. The molecule has 1 aliphatic rings. The maximum atomic E-state index is 12.2. The molecule has 37 heavy (non-hydrogen) atoms. The summed E-state index contributed by atoms with van der Waals surface area (Å²) < 4.78 is 1.35. The van der Waals surface area contributed by atoms with Gasteiger partial charge in [-0.05, 0) is 48.5 Å². The van der Waals surface area contributed by atoms with Crippen molar-refractivity contribution in [3.8, 4) is 0 Å². The number of carbonyl (C=O) groups is 3. The molecule has 0 unspecified atom stereocenters. The minimum Gasteiger partial charge on any atom is -0.475 e. The van der Waals surface area contributed by atoms with Crippen LogP contribution in [-0.4, -0.2) is 57.1 Å². The molecule has 0 radical (unpaired) electrons. The van der Waals surface area contributed by atoms with Gasteiger partial charge in [-0.15, -0.1) is 0 Å². The van der Waals surface area contributed by atoms with Gasteiger partial charge in [0.1, 0.15) is 12.4 Å². The highest BCUT2D eigenvalue weighted by molar-refractivity contribution is 6.30. The molecule has 0 spiro atoms. The number of para-hydroxylation sites is 2. The number of aromatic carboxylic acids is 1. The van der Waals surface area contributed by atoms with E-state index in [0.29, 0.717) is 28.4 Å². The van der Waals surface area contributed by atoms with Crippen molar-refractivity contribution >= 4 is 57.6 Å². The molecule has 0 bridgehead atoms. The maximum absolute atomic E-state index is 12.2. The third kappa shape index (κ3) is 6.40. The van der Waals surface area contributed by atoms with Crippen LogP contribution < -0.4 is 21.3 Å². The van der Waals surface area contributed by atoms with Crippen LogP contribution in [0.15, 0.2) is 66.9 Å². The molecule has 2 amide bonds. The number of aromatic nitrogens is 3. The van der Waals surface area contributed by atoms with Crippen LogP contribution in [0.25, 0.3) is 11.0 Å². The van der Waals surface area contributed by atoms with E-state index in [2.05, 4.69) is 20.6 Å². The van der Waals surface area contributed by atoms with Crippen LogP contribution in [0.2, 0.25) is 5.02 Å². The number of carboxylic acid groups (broad SMARTS) is 1. The number of pyridine rings is 1. The Balaban J connectivity index is 0.000000195. The number of halogens is 1. The highest BCUT2D eigenvalue weighted by Gasteiger charge is 2.19. The number of anilines is 3. The minimum atomic E-state index is -1.20. The topological polar surface area (TPSA) is 155 Å². The number of nitrogens with zero attached hydrogens (tertiary/aromatic N) is 4. The largest absolute Gasteiger partial charge is 0.475 e. The first-order chi connectivity index (χ1) is 17.8. The van der Waals surface area contributed by atoms with Gasteiger partial charge in [-0.3, -0.25) is 9.59 Å². The van der Waals surface area contributed by atoms with E-state index in [0.717, 1.165) is 24.5 Å². The number of benzene rings is 2. The van der Waals surface area contributed by atoms with Crippen molar-refractivity contribution < 1.29 is 19.5 Å². The van der Waals surface area contributed by atoms with Crippen molar-refractivity contribution in [2.75, 3.05) is 35.6 Å². The van der Waals surface area contributed by atoms with Gasteiger partial charge in [0.25, 0.3) is 0 Å². The Labute approximate surface area is 216 Å². The SMILES string of the molecule is Nc1ccc(N2CCNCC2=O)cc1.O=C(Cn1c(C(=O)O)nc2ccccc21)Nc1ccc(Cl)cn1. The standard InChI is InChI=1S/C15H11ClN4O3.C10H13N3O/c16-9-5-6-12(17-7-9)19-13(21)8-20-11-4-2-1-3-10(11)18-14(20)15(22)23;11-8-1-3-9(4-2-8)13-6-5-12-7-10(13)14/h1-7H,8H2,(H,22,23)(H,17,19,21);1-4,12H,5-7,11H2. The first kappa shape index (κ1) is 25.6. The van der Waals surface area contributed by atoms with Crippen molar-refractivity contribution in [1.82, 2.24) is 19.9 Å². The number of piperazine rings is 1. The number of hydrogen-bond acceptors (Lipinski definition) is 7. The summed E-state index contributed by atoms with van der Waals surface area (Å²) in [6, 6.07) is 17.4. The van der Waals surface area contributed by atoms with Crippen molar-refractivity contribution in [3.05, 3.63) is 77.7 Å². The van der Waals surface area contributed by atoms with E-state index in [9.17, 15) is 19.5 Å². The molecule has 1 fully saturated rings. The van der Waals surface area contributed by atoms with Crippen LogP contribution >= 0.6 is 11.6 Å². The molecule has 0 atom stereocenters. The summed E-state index contributed by atoms with van der Waals surface area (Å²) in [5, 5.41) is 15.3. The molecule has 4 aromatic rings. The quantitative estimate of drug-likeness (QED) is 0.292. The summed E-state index contributed by atoms with van der Waals surface area (Å²) in [6.45, 7) is 1.80. The van der Waals surface area contributed by atoms with Crippen molar-refractivity contribution in [3.63, 3.8) is 0 Å². The Bertz CT molecular complexity index is 1420. The summed E-state index contributed by atoms with van der Waals surface area (Å²) in [7, 11) is 0. The fraction of sp³-hybridized carbons (Fsp3) is 0.160. The van der Waals surface area contributed by atoms with E-state index in [4.69, 9.17) is 17.3 Å². The number of fused-ring (bicyclic) bond motifs is 1. The highest BCUT2D eigenvalue weighted by Crippen LogP contribution is 2.18. The van der Waals surface area contributed by atoms with E-state index >= 15 is 0 Å². The molecule has 2 aromatic carbocycles. The average Bonchev–Trinajstić information content (AvgIpc) is 3.25. The van der Waals surface area contributed by atoms with Crippen LogP contribution in [0, 0.1) is 0 Å². The Kier molecular flexibility index (Phi) is 7.96. The summed E-state index contributed by atoms with van der Waals surface area (Å²) in [6.07, 6.45) is 1.41. The van der Waals surface area contributed by atoms with E-state index in [1.807, 2.05) is 24.3 Å². The number of hydrogen-bond donors (Lipinski definition) is 4. The number of carbonyl (C=O) groups excluding carboxylic acids is 2. The summed E-state index contributed by atoms with van der Waals surface area (Å²) in [4.78, 5) is 44.8. The summed E-state index contributed by atoms with van der Waals surface area (Å²) in [5.74, 6) is -1.35. The van der Waals surface area contributed by atoms with Crippen LogP contribution in [-0.2, 0) is 16.1 Å². The van der Waals surface area contributed by atoms with Gasteiger partial charge in [0.15, 0.2) is 0 Å². The molecular weight excluding hydrogens is 498 g/mol. The molecule has 12 heteroatoms. The lowest BCUT2D eigenvalue weighted by Gasteiger charge is -2.27. The number of nitrogen functional groups attached to an aromatic ring is 1. The molecule has 1 saturated heterocycles. The fourth-order valence-electron chi connectivity index (χ4n) is 3.71. The average molecular weight is 522 g/mol. The normalized spacial score (nSPS) is 13.1. The third-order valence-electron chi connectivity index (χ3n) is 5.44. The minimum absolute atomic E-state index is 0.112. The van der Waals surface area contributed by atoms with Gasteiger partial charge in [0, 0.05) is 30.7 Å². The van der Waals surface area contributed by atoms with Gasteiger partial charge < -0.3 is 30.9 Å². The van der Waals surface area contributed by atoms with Gasteiger partial charge in [0.2, 0.25) is 17.6 Å². The van der Waals surface area contributed by atoms with Crippen molar-refractivity contribution in [1.29, 1.82) is 0 Å². The number of amides is 2. The molecule has 1 aliphatic heterocycles. The van der Waals surface area contributed by atoms with Crippen LogP contribution in [0.3, 0.4) is 0 Å². The Morgan fingerprint density at radius 3 is 2.54 bits per heavy atom. The van der Waals surface area contributed by atoms with Gasteiger partial charge in [0.05, 0.1) is 22.6 Å². The summed E-state index contributed by atoms with van der Waals surface area (Å²) >= 11 is 5.73. The van der Waals surface area contributed by atoms with E-state index in [-0.39, 0.29) is 18.3 Å². The molecule has 5 rings (SSSR count). The summed E-state index contributed by atoms with van der Waals surface area (Å²) in [5.41, 5.74) is 8.31. The molecule has 3 heterocycles. The number of carboxylic acids is 1. The number of nitrogens with one attached hydrogen (secondary N) is 2. The first-order valence-corrected chi connectivity index (χ1v) is 11.7. The predicted octanol–water partition coefficient (Wildman–Crippen LogP) is 2.63. The lowest BCUT2D eigenvalue weighted by molar-refractivity contribution is -0.118. The zero-order chi connectivity index (χ0) is 26.4. The van der Waals surface area contributed by atoms with E-state index in [1.165, 1.54) is 10.8 Å². The van der Waals surface area contributed by atoms with Gasteiger partial charge in [-0.2, -0.15) is 0 Å². The van der Waals surface area contributed by atoms with E-state index < -0.39 is 11.9 Å². The maximum Gasteiger partial charge on any atom is 0.372 e. The monoisotopic (exact) mass is 521 g/mol. The van der Waals surface area contributed by atoms with Crippen molar-refractivity contribution in [2.45, 2.75) is 6.54 Å².